The van der Waals surface area contributed by atoms with Crippen LogP contribution in [0.4, 0.5) is 5.69 Å². The van der Waals surface area contributed by atoms with Gasteiger partial charge in [0.1, 0.15) is 5.01 Å². The Morgan fingerprint density at radius 2 is 2.08 bits per heavy atom. The van der Waals surface area contributed by atoms with Gasteiger partial charge in [0.25, 0.3) is 0 Å². The van der Waals surface area contributed by atoms with Gasteiger partial charge in [-0.25, -0.2) is 4.98 Å². The Balaban J connectivity index is 1.53. The first-order chi connectivity index (χ1) is 12.2. The van der Waals surface area contributed by atoms with Crippen molar-refractivity contribution in [2.45, 2.75) is 11.3 Å². The summed E-state index contributed by atoms with van der Waals surface area (Å²) in [7, 11) is 0. The molecule has 0 aliphatic carbocycles. The third-order valence-corrected chi connectivity index (χ3v) is 6.20. The maximum atomic E-state index is 12.8. The number of anilines is 1. The minimum Gasteiger partial charge on any atom is -0.310 e. The summed E-state index contributed by atoms with van der Waals surface area (Å²) in [5.74, 6) is 1.02. The summed E-state index contributed by atoms with van der Waals surface area (Å²) in [6, 6.07) is 15.7. The van der Waals surface area contributed by atoms with E-state index in [-0.39, 0.29) is 5.91 Å². The number of thiazole rings is 1. The molecule has 1 aliphatic rings. The molecule has 0 spiro atoms. The van der Waals surface area contributed by atoms with Gasteiger partial charge >= 0.3 is 0 Å². The number of hydrogen-bond donors (Lipinski definition) is 0. The second-order valence-corrected chi connectivity index (χ2v) is 8.12. The van der Waals surface area contributed by atoms with E-state index in [4.69, 9.17) is 11.6 Å². The van der Waals surface area contributed by atoms with Crippen molar-refractivity contribution in [1.29, 1.82) is 0 Å². The third-order valence-electron chi connectivity index (χ3n) is 3.99. The van der Waals surface area contributed by atoms with Crippen LogP contribution in [0.15, 0.2) is 58.8 Å². The quantitative estimate of drug-likeness (QED) is 0.624. The molecule has 0 unspecified atom stereocenters. The zero-order valence-electron chi connectivity index (χ0n) is 13.3. The number of aromatic nitrogens is 1. The fourth-order valence-electron chi connectivity index (χ4n) is 2.82. The molecule has 3 nitrogen and oxygen atoms in total. The highest BCUT2D eigenvalue weighted by atomic mass is 35.5. The Morgan fingerprint density at radius 1 is 1.20 bits per heavy atom. The zero-order valence-corrected chi connectivity index (χ0v) is 15.7. The van der Waals surface area contributed by atoms with E-state index in [0.29, 0.717) is 11.4 Å². The van der Waals surface area contributed by atoms with Crippen LogP contribution in [0.1, 0.15) is 5.69 Å². The average Bonchev–Trinajstić information content (AvgIpc) is 3.10. The van der Waals surface area contributed by atoms with Crippen molar-refractivity contribution in [2.75, 3.05) is 17.2 Å². The molecule has 4 rings (SSSR count). The molecule has 0 saturated heterocycles. The highest BCUT2D eigenvalue weighted by Crippen LogP contribution is 2.34. The van der Waals surface area contributed by atoms with Gasteiger partial charge in [0, 0.05) is 33.2 Å². The lowest BCUT2D eigenvalue weighted by Gasteiger charge is -2.28. The van der Waals surface area contributed by atoms with Crippen LogP contribution in [-0.4, -0.2) is 23.2 Å². The van der Waals surface area contributed by atoms with E-state index in [0.717, 1.165) is 34.2 Å². The van der Waals surface area contributed by atoms with E-state index in [2.05, 4.69) is 11.1 Å². The van der Waals surface area contributed by atoms with Crippen LogP contribution >= 0.6 is 34.7 Å². The Morgan fingerprint density at radius 3 is 2.96 bits per heavy atom. The number of rotatable bonds is 3. The smallest absolute Gasteiger partial charge is 0.233 e. The molecular weight excluding hydrogens is 372 g/mol. The van der Waals surface area contributed by atoms with E-state index >= 15 is 0 Å². The van der Waals surface area contributed by atoms with Crippen LogP contribution in [0.5, 0.6) is 0 Å². The number of thioether (sulfide) groups is 1. The maximum Gasteiger partial charge on any atom is 0.233 e. The Kier molecular flexibility index (Phi) is 4.79. The summed E-state index contributed by atoms with van der Waals surface area (Å²) in [6.45, 7) is 0.742. The second-order valence-electron chi connectivity index (χ2n) is 5.69. The number of carbonyl (C=O) groups excluding carboxylic acids is 1. The molecule has 1 amide bonds. The molecule has 2 aromatic carbocycles. The summed E-state index contributed by atoms with van der Waals surface area (Å²) in [5, 5.41) is 3.53. The van der Waals surface area contributed by atoms with Gasteiger partial charge in [0.05, 0.1) is 17.8 Å². The molecule has 0 N–H and O–H groups in total. The monoisotopic (exact) mass is 386 g/mol. The van der Waals surface area contributed by atoms with Crippen LogP contribution in [0, 0.1) is 0 Å². The van der Waals surface area contributed by atoms with Crippen molar-refractivity contribution >= 4 is 46.3 Å². The molecule has 25 heavy (non-hydrogen) atoms. The first-order valence-electron chi connectivity index (χ1n) is 7.93. The maximum absolute atomic E-state index is 12.8. The molecule has 0 bridgehead atoms. The van der Waals surface area contributed by atoms with Gasteiger partial charge in [0.2, 0.25) is 5.91 Å². The highest BCUT2D eigenvalue weighted by Gasteiger charge is 2.23. The summed E-state index contributed by atoms with van der Waals surface area (Å²) in [4.78, 5) is 20.5. The van der Waals surface area contributed by atoms with Crippen LogP contribution < -0.4 is 4.90 Å². The van der Waals surface area contributed by atoms with Crippen molar-refractivity contribution in [3.63, 3.8) is 0 Å². The van der Waals surface area contributed by atoms with E-state index in [1.165, 1.54) is 4.90 Å². The van der Waals surface area contributed by atoms with Crippen LogP contribution in [0.2, 0.25) is 5.02 Å². The molecule has 6 heteroatoms. The Bertz CT molecular complexity index is 925. The lowest BCUT2D eigenvalue weighted by molar-refractivity contribution is -0.118. The summed E-state index contributed by atoms with van der Waals surface area (Å²) in [5.41, 5.74) is 2.80. The average molecular weight is 387 g/mol. The largest absolute Gasteiger partial charge is 0.310 e. The molecule has 0 radical (unpaired) electrons. The van der Waals surface area contributed by atoms with Gasteiger partial charge in [-0.05, 0) is 24.3 Å². The van der Waals surface area contributed by atoms with Crippen molar-refractivity contribution in [2.24, 2.45) is 0 Å². The lowest BCUT2D eigenvalue weighted by atomic mass is 10.2. The van der Waals surface area contributed by atoms with Gasteiger partial charge in [-0.3, -0.25) is 4.79 Å². The highest BCUT2D eigenvalue weighted by molar-refractivity contribution is 7.99. The Hall–Kier alpha value is -1.82. The first kappa shape index (κ1) is 16.6. The van der Waals surface area contributed by atoms with E-state index in [9.17, 15) is 4.79 Å². The summed E-state index contributed by atoms with van der Waals surface area (Å²) < 4.78 is 0. The fraction of sp³-hybridized carbons (Fsp3) is 0.158. The predicted octanol–water partition coefficient (Wildman–Crippen LogP) is 5.14. The number of carbonyl (C=O) groups is 1. The number of amides is 1. The Labute approximate surface area is 159 Å². The normalized spacial score (nSPS) is 13.6. The van der Waals surface area contributed by atoms with Crippen molar-refractivity contribution < 1.29 is 4.79 Å². The molecule has 0 fully saturated rings. The first-order valence-corrected chi connectivity index (χ1v) is 10.2. The van der Waals surface area contributed by atoms with Crippen molar-refractivity contribution in [1.82, 2.24) is 4.98 Å². The molecule has 1 aromatic heterocycles. The number of para-hydroxylation sites is 1. The zero-order chi connectivity index (χ0) is 17.2. The second kappa shape index (κ2) is 7.20. The molecular formula is C19H15ClN2OS2. The standard InChI is InChI=1S/C19H15ClN2OS2/c20-14-5-3-4-13(10-14)19-21-15(12-25-19)11-18(23)22-8-9-24-17-7-2-1-6-16(17)22/h1-7,10,12H,8-9,11H2. The van der Waals surface area contributed by atoms with Gasteiger partial charge in [0.15, 0.2) is 0 Å². The fourth-order valence-corrected chi connectivity index (χ4v) is 4.82. The van der Waals surface area contributed by atoms with Gasteiger partial charge in [-0.2, -0.15) is 0 Å². The SMILES string of the molecule is O=C(Cc1csc(-c2cccc(Cl)c2)n1)N1CCSc2ccccc21. The lowest BCUT2D eigenvalue weighted by Crippen LogP contribution is -2.36. The minimum atomic E-state index is 0.0932. The number of fused-ring (bicyclic) bond motifs is 1. The molecule has 2 heterocycles. The van der Waals surface area contributed by atoms with Gasteiger partial charge < -0.3 is 4.90 Å². The molecule has 1 aliphatic heterocycles. The summed E-state index contributed by atoms with van der Waals surface area (Å²) in [6.07, 6.45) is 0.316. The molecule has 3 aromatic rings. The van der Waals surface area contributed by atoms with E-state index in [1.807, 2.05) is 52.7 Å². The topological polar surface area (TPSA) is 33.2 Å². The van der Waals surface area contributed by atoms with E-state index in [1.54, 1.807) is 23.1 Å². The number of hydrogen-bond acceptors (Lipinski definition) is 4. The van der Waals surface area contributed by atoms with Crippen LogP contribution in [0.25, 0.3) is 10.6 Å². The third kappa shape index (κ3) is 3.59. The van der Waals surface area contributed by atoms with Gasteiger partial charge in [-0.1, -0.05) is 35.9 Å². The van der Waals surface area contributed by atoms with E-state index < -0.39 is 0 Å². The summed E-state index contributed by atoms with van der Waals surface area (Å²) >= 11 is 9.39. The number of nitrogens with zero attached hydrogens (tertiary/aromatic N) is 2. The predicted molar refractivity (Wildman–Crippen MR) is 106 cm³/mol. The molecule has 126 valence electrons. The van der Waals surface area contributed by atoms with Crippen molar-refractivity contribution in [3.05, 3.63) is 64.6 Å². The molecule has 0 saturated carbocycles. The molecule has 0 atom stereocenters. The minimum absolute atomic E-state index is 0.0932. The van der Waals surface area contributed by atoms with Crippen molar-refractivity contribution in [3.8, 4) is 10.6 Å². The number of benzene rings is 2. The van der Waals surface area contributed by atoms with Gasteiger partial charge in [-0.15, -0.1) is 23.1 Å². The van der Waals surface area contributed by atoms with Crippen LogP contribution in [0.3, 0.4) is 0 Å². The van der Waals surface area contributed by atoms with Crippen LogP contribution in [-0.2, 0) is 11.2 Å². The number of halogens is 1.